The summed E-state index contributed by atoms with van der Waals surface area (Å²) in [4.78, 5) is 17.8. The highest BCUT2D eigenvalue weighted by Crippen LogP contribution is 2.11. The lowest BCUT2D eigenvalue weighted by atomic mass is 10.3. The van der Waals surface area contributed by atoms with Crippen LogP contribution in [0.4, 0.5) is 0 Å². The molecule has 0 aliphatic heterocycles. The normalized spacial score (nSPS) is 12.1. The smallest absolute Gasteiger partial charge is 0.268 e. The molecule has 0 aromatic carbocycles. The summed E-state index contributed by atoms with van der Waals surface area (Å²) in [5, 5.41) is 4.37. The SMILES string of the molecule is Cc1cc2ncc3c(=O)n(NS(=O)(=O)O)ccc3n2n1. The van der Waals surface area contributed by atoms with Crippen LogP contribution in [0.15, 0.2) is 29.3 Å². The Labute approximate surface area is 112 Å². The quantitative estimate of drug-likeness (QED) is 0.626. The molecule has 0 amide bonds. The van der Waals surface area contributed by atoms with Crippen molar-refractivity contribution in [3.8, 4) is 0 Å². The van der Waals surface area contributed by atoms with Gasteiger partial charge in [0, 0.05) is 18.5 Å². The van der Waals surface area contributed by atoms with Crippen molar-refractivity contribution in [1.82, 2.24) is 19.3 Å². The summed E-state index contributed by atoms with van der Waals surface area (Å²) in [6, 6.07) is 3.25. The van der Waals surface area contributed by atoms with E-state index in [1.54, 1.807) is 17.8 Å². The van der Waals surface area contributed by atoms with Crippen LogP contribution in [0.2, 0.25) is 0 Å². The van der Waals surface area contributed by atoms with E-state index < -0.39 is 15.9 Å². The second-order valence-corrected chi connectivity index (χ2v) is 5.30. The maximum absolute atomic E-state index is 12.1. The van der Waals surface area contributed by atoms with Crippen LogP contribution in [-0.2, 0) is 10.3 Å². The Morgan fingerprint density at radius 2 is 2.15 bits per heavy atom. The predicted molar refractivity (Wildman–Crippen MR) is 70.4 cm³/mol. The van der Waals surface area contributed by atoms with E-state index in [0.717, 1.165) is 5.69 Å². The fourth-order valence-electron chi connectivity index (χ4n) is 1.93. The van der Waals surface area contributed by atoms with Gasteiger partial charge in [0.2, 0.25) is 0 Å². The van der Waals surface area contributed by atoms with Gasteiger partial charge in [-0.05, 0) is 13.0 Å². The van der Waals surface area contributed by atoms with Gasteiger partial charge in [0.15, 0.2) is 5.65 Å². The van der Waals surface area contributed by atoms with Crippen LogP contribution in [0.25, 0.3) is 16.6 Å². The molecule has 0 unspecified atom stereocenters. The molecule has 3 aromatic heterocycles. The first-order chi connectivity index (χ1) is 9.35. The van der Waals surface area contributed by atoms with Gasteiger partial charge in [-0.2, -0.15) is 18.3 Å². The zero-order valence-corrected chi connectivity index (χ0v) is 11.0. The van der Waals surface area contributed by atoms with E-state index >= 15 is 0 Å². The molecule has 0 radical (unpaired) electrons. The number of nitrogens with one attached hydrogen (secondary N) is 1. The Morgan fingerprint density at radius 1 is 1.40 bits per heavy atom. The molecule has 3 heterocycles. The van der Waals surface area contributed by atoms with Crippen LogP contribution < -0.4 is 10.4 Å². The van der Waals surface area contributed by atoms with E-state index in [1.807, 2.05) is 0 Å². The van der Waals surface area contributed by atoms with E-state index in [-0.39, 0.29) is 5.39 Å². The summed E-state index contributed by atoms with van der Waals surface area (Å²) in [5.74, 6) is 0. The minimum Gasteiger partial charge on any atom is -0.268 e. The molecular formula is C10H9N5O4S. The molecule has 0 aliphatic carbocycles. The van der Waals surface area contributed by atoms with Crippen LogP contribution in [0, 0.1) is 6.92 Å². The Hall–Kier alpha value is -2.46. The monoisotopic (exact) mass is 295 g/mol. The second kappa shape index (κ2) is 4.02. The highest BCUT2D eigenvalue weighted by Gasteiger charge is 2.11. The van der Waals surface area contributed by atoms with Crippen molar-refractivity contribution in [3.63, 3.8) is 0 Å². The van der Waals surface area contributed by atoms with Crippen molar-refractivity contribution < 1.29 is 13.0 Å². The lowest BCUT2D eigenvalue weighted by Gasteiger charge is -2.07. The van der Waals surface area contributed by atoms with Crippen molar-refractivity contribution in [2.45, 2.75) is 6.92 Å². The van der Waals surface area contributed by atoms with Crippen LogP contribution in [0.1, 0.15) is 5.69 Å². The van der Waals surface area contributed by atoms with Gasteiger partial charge in [-0.1, -0.05) is 0 Å². The first-order valence-corrected chi connectivity index (χ1v) is 6.91. The van der Waals surface area contributed by atoms with Gasteiger partial charge in [0.25, 0.3) is 5.56 Å². The highest BCUT2D eigenvalue weighted by atomic mass is 32.2. The van der Waals surface area contributed by atoms with Crippen molar-refractivity contribution >= 4 is 26.9 Å². The van der Waals surface area contributed by atoms with E-state index in [1.165, 1.54) is 23.0 Å². The molecule has 3 rings (SSSR count). The van der Waals surface area contributed by atoms with Crippen LogP contribution >= 0.6 is 0 Å². The maximum Gasteiger partial charge on any atom is 0.371 e. The lowest BCUT2D eigenvalue weighted by molar-refractivity contribution is 0.483. The number of fused-ring (bicyclic) bond motifs is 3. The molecule has 3 aromatic rings. The molecule has 0 saturated heterocycles. The van der Waals surface area contributed by atoms with Gasteiger partial charge in [-0.25, -0.2) is 14.2 Å². The molecule has 104 valence electrons. The predicted octanol–water partition coefficient (Wildman–Crippen LogP) is -0.301. The largest absolute Gasteiger partial charge is 0.371 e. The summed E-state index contributed by atoms with van der Waals surface area (Å²) in [6.45, 7) is 1.79. The third-order valence-electron chi connectivity index (χ3n) is 2.69. The third kappa shape index (κ3) is 2.00. The highest BCUT2D eigenvalue weighted by molar-refractivity contribution is 7.86. The molecule has 0 spiro atoms. The summed E-state index contributed by atoms with van der Waals surface area (Å²) in [7, 11) is -4.54. The molecule has 2 N–H and O–H groups in total. The van der Waals surface area contributed by atoms with Gasteiger partial charge in [-0.3, -0.25) is 9.35 Å². The number of rotatable bonds is 2. The average molecular weight is 295 g/mol. The van der Waals surface area contributed by atoms with Gasteiger partial charge in [0.05, 0.1) is 16.6 Å². The van der Waals surface area contributed by atoms with Gasteiger partial charge in [0.1, 0.15) is 0 Å². The molecule has 0 bridgehead atoms. The molecule has 9 nitrogen and oxygen atoms in total. The van der Waals surface area contributed by atoms with Crippen LogP contribution in [0.3, 0.4) is 0 Å². The van der Waals surface area contributed by atoms with E-state index in [4.69, 9.17) is 4.55 Å². The van der Waals surface area contributed by atoms with Gasteiger partial charge in [-0.15, -0.1) is 0 Å². The minimum atomic E-state index is -4.54. The number of nitrogens with zero attached hydrogens (tertiary/aromatic N) is 4. The zero-order valence-electron chi connectivity index (χ0n) is 10.2. The van der Waals surface area contributed by atoms with Crippen molar-refractivity contribution in [1.29, 1.82) is 0 Å². The molecule has 10 heteroatoms. The number of hydrogen-bond donors (Lipinski definition) is 2. The standard InChI is InChI=1S/C10H9N5O4S/c1-6-4-9-11-5-7-8(15(9)12-6)2-3-14(10(7)16)13-20(17,18)19/h2-5,13H,1H3,(H,17,18,19). The van der Waals surface area contributed by atoms with Crippen LogP contribution in [0.5, 0.6) is 0 Å². The Balaban J connectivity index is 2.34. The summed E-state index contributed by atoms with van der Waals surface area (Å²) in [6.07, 6.45) is 2.52. The van der Waals surface area contributed by atoms with E-state index in [2.05, 4.69) is 10.1 Å². The van der Waals surface area contributed by atoms with Crippen molar-refractivity contribution in [2.75, 3.05) is 4.83 Å². The topological polar surface area (TPSA) is 119 Å². The summed E-state index contributed by atoms with van der Waals surface area (Å²) < 4.78 is 32.4. The van der Waals surface area contributed by atoms with Crippen molar-refractivity contribution in [3.05, 3.63) is 40.6 Å². The summed E-state index contributed by atoms with van der Waals surface area (Å²) >= 11 is 0. The van der Waals surface area contributed by atoms with E-state index in [9.17, 15) is 13.2 Å². The van der Waals surface area contributed by atoms with Crippen LogP contribution in [-0.4, -0.2) is 32.2 Å². The maximum atomic E-state index is 12.1. The molecule has 0 fully saturated rings. The number of hydrogen-bond acceptors (Lipinski definition) is 5. The first kappa shape index (κ1) is 12.6. The number of aromatic nitrogens is 4. The lowest BCUT2D eigenvalue weighted by Crippen LogP contribution is -2.32. The molecule has 20 heavy (non-hydrogen) atoms. The fourth-order valence-corrected chi connectivity index (χ4v) is 2.32. The Bertz CT molecular complexity index is 988. The summed E-state index contributed by atoms with van der Waals surface area (Å²) in [5.41, 5.74) is 1.14. The van der Waals surface area contributed by atoms with Crippen molar-refractivity contribution in [2.24, 2.45) is 0 Å². The molecular weight excluding hydrogens is 286 g/mol. The molecule has 0 aliphatic rings. The molecule has 0 saturated carbocycles. The number of aryl methyl sites for hydroxylation is 1. The zero-order chi connectivity index (χ0) is 14.5. The van der Waals surface area contributed by atoms with Gasteiger partial charge >= 0.3 is 10.3 Å². The first-order valence-electron chi connectivity index (χ1n) is 5.47. The number of pyridine rings is 1. The minimum absolute atomic E-state index is 0.166. The molecule has 0 atom stereocenters. The Morgan fingerprint density at radius 3 is 2.85 bits per heavy atom. The fraction of sp³-hybridized carbons (Fsp3) is 0.100. The second-order valence-electron chi connectivity index (χ2n) is 4.17. The van der Waals surface area contributed by atoms with E-state index in [0.29, 0.717) is 15.8 Å². The Kier molecular flexibility index (Phi) is 2.52. The third-order valence-corrected chi connectivity index (χ3v) is 3.11. The average Bonchev–Trinajstić information content (AvgIpc) is 2.71. The van der Waals surface area contributed by atoms with Gasteiger partial charge < -0.3 is 0 Å².